The molecule has 0 radical (unpaired) electrons. The van der Waals surface area contributed by atoms with Gasteiger partial charge in [-0.3, -0.25) is 9.59 Å². The lowest BCUT2D eigenvalue weighted by molar-refractivity contribution is -0.388. The van der Waals surface area contributed by atoms with Crippen LogP contribution in [0.2, 0.25) is 0 Å². The van der Waals surface area contributed by atoms with Gasteiger partial charge in [-0.1, -0.05) is 32.4 Å². The van der Waals surface area contributed by atoms with Crippen molar-refractivity contribution in [3.05, 3.63) is 22.8 Å². The van der Waals surface area contributed by atoms with Gasteiger partial charge in [-0.2, -0.15) is 0 Å². The lowest BCUT2D eigenvalue weighted by atomic mass is 9.47. The molecular weight excluding hydrogens is 965 g/mol. The van der Waals surface area contributed by atoms with Crippen LogP contribution >= 0.6 is 0 Å². The Bertz CT molecular complexity index is 2000. The summed E-state index contributed by atoms with van der Waals surface area (Å²) in [4.78, 5) is 27.9. The van der Waals surface area contributed by atoms with E-state index in [0.717, 1.165) is 12.8 Å². The number of hydrogen-bond acceptors (Lipinski definition) is 22. The fourth-order valence-electron chi connectivity index (χ4n) is 13.5. The van der Waals surface area contributed by atoms with E-state index in [9.17, 15) is 70.9 Å². The second-order valence-electron chi connectivity index (χ2n) is 22.7. The first-order valence-electron chi connectivity index (χ1n) is 26.1. The van der Waals surface area contributed by atoms with Crippen molar-refractivity contribution in [2.75, 3.05) is 19.8 Å². The molecule has 27 unspecified atom stereocenters. The molecule has 22 heteroatoms. The number of fused-ring (bicyclic) bond motifs is 5. The van der Waals surface area contributed by atoms with Gasteiger partial charge in [0.15, 0.2) is 36.7 Å². The van der Waals surface area contributed by atoms with Crippen LogP contribution in [-0.2, 0) is 47.5 Å². The van der Waals surface area contributed by atoms with Crippen LogP contribution in [0.5, 0.6) is 0 Å². The van der Waals surface area contributed by atoms with Crippen molar-refractivity contribution in [2.24, 2.45) is 34.5 Å². The molecule has 0 aromatic heterocycles. The van der Waals surface area contributed by atoms with Crippen LogP contribution in [0.1, 0.15) is 99.3 Å². The summed E-state index contributed by atoms with van der Waals surface area (Å²) < 4.78 is 47.6. The number of aliphatic hydroxyl groups excluding tert-OH is 12. The van der Waals surface area contributed by atoms with Gasteiger partial charge in [0.05, 0.1) is 38.1 Å². The van der Waals surface area contributed by atoms with E-state index in [0.29, 0.717) is 49.7 Å². The molecule has 22 nitrogen and oxygen atoms in total. The van der Waals surface area contributed by atoms with E-state index in [4.69, 9.17) is 37.9 Å². The Hall–Kier alpha value is -1.98. The highest BCUT2D eigenvalue weighted by Crippen LogP contribution is 2.66. The minimum absolute atomic E-state index is 0.00464. The highest BCUT2D eigenvalue weighted by Gasteiger charge is 2.61. The van der Waals surface area contributed by atoms with Crippen molar-refractivity contribution in [3.8, 4) is 0 Å². The second-order valence-corrected chi connectivity index (χ2v) is 22.7. The van der Waals surface area contributed by atoms with Crippen LogP contribution in [0.25, 0.3) is 0 Å². The van der Waals surface area contributed by atoms with Gasteiger partial charge in [0.2, 0.25) is 0 Å². The molecule has 4 aliphatic carbocycles. The quantitative estimate of drug-likeness (QED) is 0.0632. The Labute approximate surface area is 424 Å². The van der Waals surface area contributed by atoms with E-state index < -0.39 is 148 Å². The topological polar surface area (TPSA) is 351 Å². The van der Waals surface area contributed by atoms with Crippen LogP contribution in [0.15, 0.2) is 22.8 Å². The first-order valence-corrected chi connectivity index (χ1v) is 26.1. The number of carbonyl (C=O) groups excluding carboxylic acids is 2. The van der Waals surface area contributed by atoms with Crippen molar-refractivity contribution in [1.82, 2.24) is 0 Å². The SMILES string of the molecule is CC(C(=O)CCC(C)COC1OC(CO)C(O)C(O)C1O)=C1C(=O)CC2C3CC=C4CC(OC5OC(CO)C(OC6OC(C)C(O)C(O)C6O)C(O)C5OC5OC(C)C(O)C(O)C5O)CCC4(C)C3CCC12C. The summed E-state index contributed by atoms with van der Waals surface area (Å²) in [6.07, 6.45) is -22.7. The Morgan fingerprint density at radius 3 is 1.84 bits per heavy atom. The number of ketones is 2. The van der Waals surface area contributed by atoms with Gasteiger partial charge in [-0.15, -0.1) is 0 Å². The lowest BCUT2D eigenvalue weighted by Crippen LogP contribution is -2.66. The summed E-state index contributed by atoms with van der Waals surface area (Å²) in [7, 11) is 0. The number of ether oxygens (including phenoxy) is 8. The fourth-order valence-corrected chi connectivity index (χ4v) is 13.5. The van der Waals surface area contributed by atoms with Crippen LogP contribution < -0.4 is 0 Å². The lowest BCUT2D eigenvalue weighted by Gasteiger charge is -2.57. The third-order valence-electron chi connectivity index (χ3n) is 18.1. The number of carbonyl (C=O) groups is 2. The van der Waals surface area contributed by atoms with Gasteiger partial charge in [-0.05, 0) is 106 Å². The van der Waals surface area contributed by atoms with E-state index in [1.807, 2.05) is 6.92 Å². The Morgan fingerprint density at radius 1 is 0.658 bits per heavy atom. The zero-order valence-corrected chi connectivity index (χ0v) is 42.4. The Morgan fingerprint density at radius 2 is 1.22 bits per heavy atom. The number of allylic oxidation sites excluding steroid dienone is 3. The van der Waals surface area contributed by atoms with Gasteiger partial charge >= 0.3 is 0 Å². The Kier molecular flexibility index (Phi) is 17.8. The van der Waals surface area contributed by atoms with Crippen LogP contribution in [0, 0.1) is 34.5 Å². The molecular formula is C51H80O22. The molecule has 0 aromatic rings. The van der Waals surface area contributed by atoms with Gasteiger partial charge in [0.25, 0.3) is 0 Å². The summed E-state index contributed by atoms with van der Waals surface area (Å²) in [6.45, 7) is 9.71. The number of aliphatic hydroxyl groups is 12. The van der Waals surface area contributed by atoms with Crippen molar-refractivity contribution in [2.45, 2.75) is 228 Å². The van der Waals surface area contributed by atoms with E-state index in [2.05, 4.69) is 19.9 Å². The molecule has 3 saturated carbocycles. The minimum Gasteiger partial charge on any atom is -0.394 e. The minimum atomic E-state index is -1.77. The molecule has 8 rings (SSSR count). The Balaban J connectivity index is 0.932. The molecule has 8 aliphatic rings. The summed E-state index contributed by atoms with van der Waals surface area (Å²) in [5.74, 6) is 0.112. The molecule has 0 bridgehead atoms. The molecule has 0 aromatic carbocycles. The van der Waals surface area contributed by atoms with Crippen molar-refractivity contribution >= 4 is 11.6 Å². The largest absolute Gasteiger partial charge is 0.394 e. The van der Waals surface area contributed by atoms with Gasteiger partial charge in [0.1, 0.15) is 85.5 Å². The summed E-state index contributed by atoms with van der Waals surface area (Å²) in [5, 5.41) is 126. The van der Waals surface area contributed by atoms with Crippen molar-refractivity contribution in [1.29, 1.82) is 0 Å². The van der Waals surface area contributed by atoms with Crippen LogP contribution in [-0.4, -0.2) is 222 Å². The van der Waals surface area contributed by atoms with Crippen molar-refractivity contribution in [3.63, 3.8) is 0 Å². The highest BCUT2D eigenvalue weighted by molar-refractivity contribution is 6.08. The average molecular weight is 1050 g/mol. The first kappa shape index (κ1) is 57.2. The van der Waals surface area contributed by atoms with E-state index in [1.165, 1.54) is 19.4 Å². The summed E-state index contributed by atoms with van der Waals surface area (Å²) >= 11 is 0. The molecule has 73 heavy (non-hydrogen) atoms. The first-order chi connectivity index (χ1) is 34.4. The number of rotatable bonds is 15. The molecule has 12 N–H and O–H groups in total. The zero-order valence-electron chi connectivity index (χ0n) is 42.4. The maximum atomic E-state index is 14.1. The predicted octanol–water partition coefficient (Wildman–Crippen LogP) is -1.86. The molecule has 4 aliphatic heterocycles. The third kappa shape index (κ3) is 10.8. The van der Waals surface area contributed by atoms with Crippen molar-refractivity contribution < 1.29 is 109 Å². The van der Waals surface area contributed by atoms with E-state index in [1.54, 1.807) is 6.92 Å². The third-order valence-corrected chi connectivity index (χ3v) is 18.1. The maximum Gasteiger partial charge on any atom is 0.187 e. The van der Waals surface area contributed by atoms with Gasteiger partial charge in [-0.25, -0.2) is 0 Å². The molecule has 0 spiro atoms. The van der Waals surface area contributed by atoms with Gasteiger partial charge < -0.3 is 99.2 Å². The normalized spacial score (nSPS) is 50.3. The highest BCUT2D eigenvalue weighted by atomic mass is 16.8. The van der Waals surface area contributed by atoms with E-state index >= 15 is 0 Å². The fraction of sp³-hybridized carbons (Fsp3) is 0.882. The number of Topliss-reactive ketones (excluding diaryl/α,β-unsaturated/α-hetero) is 2. The molecule has 416 valence electrons. The van der Waals surface area contributed by atoms with Gasteiger partial charge in [0, 0.05) is 18.4 Å². The average Bonchev–Trinajstić information content (AvgIpc) is 3.64. The molecule has 4 heterocycles. The molecule has 4 saturated heterocycles. The van der Waals surface area contributed by atoms with Crippen LogP contribution in [0.3, 0.4) is 0 Å². The number of hydrogen-bond donors (Lipinski definition) is 12. The van der Waals surface area contributed by atoms with E-state index in [-0.39, 0.29) is 53.7 Å². The predicted molar refractivity (Wildman–Crippen MR) is 249 cm³/mol. The zero-order chi connectivity index (χ0) is 53.2. The summed E-state index contributed by atoms with van der Waals surface area (Å²) in [5.41, 5.74) is 1.51. The maximum absolute atomic E-state index is 14.1. The standard InChI is InChI=1S/C51H80O22/c1-20(19-66-46-40(62)39(61)36(58)31(17-52)70-46)7-10-29(54)21(2)33-30(55)16-28-26-9-8-24-15-25(11-13-50(24,5)27(26)12-14-51(28,33)6)69-49-45(73-48-42(64)38(60)35(57)23(4)68-48)43(65)44(32(18-53)71-49)72-47-41(63)37(59)34(56)22(3)67-47/h8,20,22-23,25-28,31-32,34-49,52-53,56-65H,7,9-19H2,1-6H3. The monoisotopic (exact) mass is 1040 g/mol. The summed E-state index contributed by atoms with van der Waals surface area (Å²) in [6, 6.07) is 0. The molecule has 27 atom stereocenters. The van der Waals surface area contributed by atoms with Crippen LogP contribution in [0.4, 0.5) is 0 Å². The molecule has 0 amide bonds. The smallest absolute Gasteiger partial charge is 0.187 e. The second kappa shape index (κ2) is 22.8. The molecule has 7 fully saturated rings.